The Labute approximate surface area is 117 Å². The number of aromatic nitrogens is 2. The van der Waals surface area contributed by atoms with Crippen LogP contribution in [0.5, 0.6) is 0 Å². The molecule has 4 heteroatoms. The van der Waals surface area contributed by atoms with Crippen LogP contribution in [0, 0.1) is 0 Å². The highest BCUT2D eigenvalue weighted by atomic mass is 16.5. The summed E-state index contributed by atoms with van der Waals surface area (Å²) in [6, 6.07) is 16.7. The Morgan fingerprint density at radius 3 is 2.90 bits per heavy atom. The van der Waals surface area contributed by atoms with E-state index in [1.807, 2.05) is 6.07 Å². The molecule has 0 spiro atoms. The molecular weight excluding hydrogens is 250 g/mol. The Kier molecular flexibility index (Phi) is 3.65. The summed E-state index contributed by atoms with van der Waals surface area (Å²) in [4.78, 5) is 0. The summed E-state index contributed by atoms with van der Waals surface area (Å²) in [6.45, 7) is 1.41. The average Bonchev–Trinajstić information content (AvgIpc) is 2.96. The molecule has 0 radical (unpaired) electrons. The number of hydrogen-bond acceptors (Lipinski definition) is 3. The molecule has 4 nitrogen and oxygen atoms in total. The van der Waals surface area contributed by atoms with Crippen LogP contribution in [0.1, 0.15) is 0 Å². The Balaban J connectivity index is 1.91. The number of methoxy groups -OCH3 is 1. The van der Waals surface area contributed by atoms with E-state index in [4.69, 9.17) is 4.74 Å². The van der Waals surface area contributed by atoms with Gasteiger partial charge in [0.2, 0.25) is 0 Å². The van der Waals surface area contributed by atoms with E-state index < -0.39 is 0 Å². The highest BCUT2D eigenvalue weighted by Gasteiger charge is 2.06. The van der Waals surface area contributed by atoms with Crippen molar-refractivity contribution < 1.29 is 4.74 Å². The smallest absolute Gasteiger partial charge is 0.148 e. The van der Waals surface area contributed by atoms with Crippen molar-refractivity contribution in [1.82, 2.24) is 10.2 Å². The lowest BCUT2D eigenvalue weighted by atomic mass is 10.0. The maximum atomic E-state index is 5.01. The van der Waals surface area contributed by atoms with Gasteiger partial charge in [-0.25, -0.2) is 0 Å². The van der Waals surface area contributed by atoms with Gasteiger partial charge in [0.05, 0.1) is 12.3 Å². The SMILES string of the molecule is COCCNc1cc(-c2cccc3ccccc23)[nH]n1. The lowest BCUT2D eigenvalue weighted by Gasteiger charge is -2.03. The molecule has 2 aromatic carbocycles. The van der Waals surface area contributed by atoms with Crippen LogP contribution in [0.15, 0.2) is 48.5 Å². The van der Waals surface area contributed by atoms with Crippen molar-refractivity contribution in [1.29, 1.82) is 0 Å². The maximum Gasteiger partial charge on any atom is 0.148 e. The Bertz CT molecular complexity index is 700. The van der Waals surface area contributed by atoms with Crippen molar-refractivity contribution in [2.75, 3.05) is 25.6 Å². The number of hydrogen-bond donors (Lipinski definition) is 2. The van der Waals surface area contributed by atoms with E-state index in [0.717, 1.165) is 23.6 Å². The first-order valence-electron chi connectivity index (χ1n) is 6.65. The summed E-state index contributed by atoms with van der Waals surface area (Å²) >= 11 is 0. The third-order valence-electron chi connectivity index (χ3n) is 3.27. The van der Waals surface area contributed by atoms with Gasteiger partial charge in [-0.2, -0.15) is 5.10 Å². The molecule has 0 amide bonds. The lowest BCUT2D eigenvalue weighted by Crippen LogP contribution is -2.07. The summed E-state index contributed by atoms with van der Waals surface area (Å²) < 4.78 is 5.01. The van der Waals surface area contributed by atoms with Crippen LogP contribution in [0.2, 0.25) is 0 Å². The van der Waals surface area contributed by atoms with Crippen molar-refractivity contribution in [2.45, 2.75) is 0 Å². The minimum Gasteiger partial charge on any atom is -0.383 e. The van der Waals surface area contributed by atoms with Crippen LogP contribution >= 0.6 is 0 Å². The van der Waals surface area contributed by atoms with Gasteiger partial charge in [0.1, 0.15) is 5.82 Å². The second kappa shape index (κ2) is 5.75. The Morgan fingerprint density at radius 1 is 1.15 bits per heavy atom. The van der Waals surface area contributed by atoms with Gasteiger partial charge in [-0.1, -0.05) is 42.5 Å². The molecule has 1 aromatic heterocycles. The van der Waals surface area contributed by atoms with Crippen LogP contribution in [0.3, 0.4) is 0 Å². The van der Waals surface area contributed by atoms with E-state index >= 15 is 0 Å². The van der Waals surface area contributed by atoms with E-state index in [9.17, 15) is 0 Å². The number of anilines is 1. The summed E-state index contributed by atoms with van der Waals surface area (Å²) in [5, 5.41) is 13.0. The first-order valence-corrected chi connectivity index (χ1v) is 6.65. The zero-order valence-electron chi connectivity index (χ0n) is 11.4. The molecule has 3 aromatic rings. The van der Waals surface area contributed by atoms with Gasteiger partial charge in [-0.05, 0) is 10.8 Å². The third-order valence-corrected chi connectivity index (χ3v) is 3.27. The predicted octanol–water partition coefficient (Wildman–Crippen LogP) is 3.29. The minimum absolute atomic E-state index is 0.663. The molecule has 102 valence electrons. The zero-order chi connectivity index (χ0) is 13.8. The number of nitrogens with one attached hydrogen (secondary N) is 2. The minimum atomic E-state index is 0.663. The standard InChI is InChI=1S/C16H17N3O/c1-20-10-9-17-16-11-15(18-19-16)14-8-4-6-12-5-2-3-7-13(12)14/h2-8,11H,9-10H2,1H3,(H2,17,18,19). The summed E-state index contributed by atoms with van der Waals surface area (Å²) in [6.07, 6.45) is 0. The molecule has 0 saturated carbocycles. The molecule has 20 heavy (non-hydrogen) atoms. The van der Waals surface area contributed by atoms with E-state index in [-0.39, 0.29) is 0 Å². The topological polar surface area (TPSA) is 49.9 Å². The molecule has 0 aliphatic carbocycles. The van der Waals surface area contributed by atoms with Gasteiger partial charge in [0, 0.05) is 25.3 Å². The molecule has 0 unspecified atom stereocenters. The number of nitrogens with zero attached hydrogens (tertiary/aromatic N) is 1. The van der Waals surface area contributed by atoms with Crippen LogP contribution in [-0.4, -0.2) is 30.5 Å². The maximum absolute atomic E-state index is 5.01. The second-order valence-electron chi connectivity index (χ2n) is 4.61. The van der Waals surface area contributed by atoms with Crippen LogP contribution in [0.4, 0.5) is 5.82 Å². The van der Waals surface area contributed by atoms with E-state index in [2.05, 4.69) is 58.0 Å². The van der Waals surface area contributed by atoms with E-state index in [1.54, 1.807) is 7.11 Å². The number of fused-ring (bicyclic) bond motifs is 1. The predicted molar refractivity (Wildman–Crippen MR) is 81.9 cm³/mol. The Morgan fingerprint density at radius 2 is 2.00 bits per heavy atom. The van der Waals surface area contributed by atoms with Gasteiger partial charge in [-0.15, -0.1) is 0 Å². The summed E-state index contributed by atoms with van der Waals surface area (Å²) in [5.41, 5.74) is 2.18. The molecule has 0 bridgehead atoms. The quantitative estimate of drug-likeness (QED) is 0.697. The third kappa shape index (κ3) is 2.51. The van der Waals surface area contributed by atoms with Crippen molar-refractivity contribution >= 4 is 16.6 Å². The normalized spacial score (nSPS) is 10.8. The molecule has 0 saturated heterocycles. The van der Waals surface area contributed by atoms with E-state index in [0.29, 0.717) is 6.61 Å². The molecular formula is C16H17N3O. The molecule has 0 aliphatic heterocycles. The highest BCUT2D eigenvalue weighted by molar-refractivity contribution is 5.96. The number of aromatic amines is 1. The average molecular weight is 267 g/mol. The van der Waals surface area contributed by atoms with Crippen molar-refractivity contribution in [3.8, 4) is 11.3 Å². The zero-order valence-corrected chi connectivity index (χ0v) is 11.4. The summed E-state index contributed by atoms with van der Waals surface area (Å²) in [7, 11) is 1.69. The second-order valence-corrected chi connectivity index (χ2v) is 4.61. The highest BCUT2D eigenvalue weighted by Crippen LogP contribution is 2.28. The number of ether oxygens (including phenoxy) is 1. The largest absolute Gasteiger partial charge is 0.383 e. The van der Waals surface area contributed by atoms with Gasteiger partial charge in [-0.3, -0.25) is 5.10 Å². The van der Waals surface area contributed by atoms with Crippen molar-refractivity contribution in [2.24, 2.45) is 0 Å². The Hall–Kier alpha value is -2.33. The lowest BCUT2D eigenvalue weighted by molar-refractivity contribution is 0.210. The monoisotopic (exact) mass is 267 g/mol. The molecule has 0 aliphatic rings. The molecule has 0 fully saturated rings. The number of benzene rings is 2. The van der Waals surface area contributed by atoms with Crippen LogP contribution in [0.25, 0.3) is 22.0 Å². The van der Waals surface area contributed by atoms with Crippen LogP contribution in [-0.2, 0) is 4.74 Å². The van der Waals surface area contributed by atoms with Gasteiger partial charge < -0.3 is 10.1 Å². The van der Waals surface area contributed by atoms with Gasteiger partial charge >= 0.3 is 0 Å². The molecule has 2 N–H and O–H groups in total. The van der Waals surface area contributed by atoms with Gasteiger partial charge in [0.25, 0.3) is 0 Å². The number of rotatable bonds is 5. The van der Waals surface area contributed by atoms with Crippen LogP contribution < -0.4 is 5.32 Å². The molecule has 1 heterocycles. The van der Waals surface area contributed by atoms with Crippen molar-refractivity contribution in [3.63, 3.8) is 0 Å². The van der Waals surface area contributed by atoms with Crippen molar-refractivity contribution in [3.05, 3.63) is 48.5 Å². The molecule has 3 rings (SSSR count). The number of H-pyrrole nitrogens is 1. The van der Waals surface area contributed by atoms with Gasteiger partial charge in [0.15, 0.2) is 0 Å². The fourth-order valence-corrected chi connectivity index (χ4v) is 2.29. The molecule has 0 atom stereocenters. The first kappa shape index (κ1) is 12.7. The fraction of sp³-hybridized carbons (Fsp3) is 0.188. The fourth-order valence-electron chi connectivity index (χ4n) is 2.29. The summed E-state index contributed by atoms with van der Waals surface area (Å²) in [5.74, 6) is 0.838. The van der Waals surface area contributed by atoms with E-state index in [1.165, 1.54) is 10.8 Å². The first-order chi connectivity index (χ1) is 9.88.